The van der Waals surface area contributed by atoms with Gasteiger partial charge in [-0.1, -0.05) is 48.5 Å². The van der Waals surface area contributed by atoms with Crippen molar-refractivity contribution in [2.45, 2.75) is 19.4 Å². The van der Waals surface area contributed by atoms with E-state index in [4.69, 9.17) is 9.47 Å². The molecule has 5 heteroatoms. The number of likely N-dealkylation sites (tertiary alicyclic amines) is 1. The van der Waals surface area contributed by atoms with Gasteiger partial charge in [0.05, 0.1) is 19.8 Å². The summed E-state index contributed by atoms with van der Waals surface area (Å²) in [7, 11) is 0. The second-order valence-electron chi connectivity index (χ2n) is 6.85. The van der Waals surface area contributed by atoms with Crippen LogP contribution in [0.1, 0.15) is 18.4 Å². The number of nitrogens with zero attached hydrogens (tertiary/aromatic N) is 1. The third kappa shape index (κ3) is 4.99. The molecule has 1 fully saturated rings. The lowest BCUT2D eigenvalue weighted by Crippen LogP contribution is -2.47. The molecule has 2 aromatic rings. The van der Waals surface area contributed by atoms with Gasteiger partial charge in [0, 0.05) is 18.5 Å². The zero-order chi connectivity index (χ0) is 18.2. The van der Waals surface area contributed by atoms with Crippen LogP contribution >= 0.6 is 0 Å². The summed E-state index contributed by atoms with van der Waals surface area (Å²) in [6.07, 6.45) is 0.620. The average Bonchev–Trinajstić information content (AvgIpc) is 2.69. The Hall–Kier alpha value is -2.53. The average molecular weight is 355 g/mol. The summed E-state index contributed by atoms with van der Waals surface area (Å²) >= 11 is 0. The van der Waals surface area contributed by atoms with Crippen molar-refractivity contribution < 1.29 is 19.4 Å². The van der Waals surface area contributed by atoms with Crippen molar-refractivity contribution in [3.8, 4) is 5.75 Å². The molecule has 0 unspecified atom stereocenters. The van der Waals surface area contributed by atoms with Gasteiger partial charge in [-0.05, 0) is 30.5 Å². The number of para-hydroxylation sites is 1. The van der Waals surface area contributed by atoms with Gasteiger partial charge < -0.3 is 19.5 Å². The molecule has 1 saturated heterocycles. The number of rotatable bonds is 7. The van der Waals surface area contributed by atoms with Crippen molar-refractivity contribution >= 4 is 6.09 Å². The van der Waals surface area contributed by atoms with E-state index < -0.39 is 6.09 Å². The molecule has 0 radical (unpaired) electrons. The lowest BCUT2D eigenvalue weighted by Gasteiger charge is -2.40. The lowest BCUT2D eigenvalue weighted by atomic mass is 9.80. The van der Waals surface area contributed by atoms with E-state index in [-0.39, 0.29) is 5.41 Å². The summed E-state index contributed by atoms with van der Waals surface area (Å²) in [5.41, 5.74) is 0.964. The topological polar surface area (TPSA) is 59.0 Å². The van der Waals surface area contributed by atoms with Crippen LogP contribution in [0.15, 0.2) is 60.7 Å². The van der Waals surface area contributed by atoms with E-state index >= 15 is 0 Å². The molecule has 0 bridgehead atoms. The summed E-state index contributed by atoms with van der Waals surface area (Å²) < 4.78 is 12.0. The van der Waals surface area contributed by atoms with Crippen molar-refractivity contribution in [2.24, 2.45) is 5.41 Å². The zero-order valence-electron chi connectivity index (χ0n) is 14.8. The molecule has 0 aliphatic carbocycles. The normalized spacial score (nSPS) is 16.2. The summed E-state index contributed by atoms with van der Waals surface area (Å²) in [6.45, 7) is 2.67. The van der Waals surface area contributed by atoms with E-state index in [0.29, 0.717) is 32.9 Å². The number of hydrogen-bond acceptors (Lipinski definition) is 3. The predicted molar refractivity (Wildman–Crippen MR) is 99.3 cm³/mol. The van der Waals surface area contributed by atoms with Crippen LogP contribution in [-0.4, -0.2) is 42.4 Å². The van der Waals surface area contributed by atoms with Gasteiger partial charge in [-0.3, -0.25) is 0 Å². The summed E-state index contributed by atoms with van der Waals surface area (Å²) in [5, 5.41) is 9.20. The van der Waals surface area contributed by atoms with E-state index in [1.54, 1.807) is 0 Å². The largest absolute Gasteiger partial charge is 0.493 e. The van der Waals surface area contributed by atoms with Gasteiger partial charge in [-0.25, -0.2) is 4.79 Å². The maximum Gasteiger partial charge on any atom is 0.407 e. The van der Waals surface area contributed by atoms with Crippen LogP contribution in [0.2, 0.25) is 0 Å². The molecule has 1 heterocycles. The predicted octanol–water partition coefficient (Wildman–Crippen LogP) is 4.04. The zero-order valence-corrected chi connectivity index (χ0v) is 14.8. The highest BCUT2D eigenvalue weighted by atomic mass is 16.5. The van der Waals surface area contributed by atoms with Gasteiger partial charge in [0.2, 0.25) is 0 Å². The molecule has 5 nitrogen and oxygen atoms in total. The molecule has 138 valence electrons. The Morgan fingerprint density at radius 3 is 2.19 bits per heavy atom. The second kappa shape index (κ2) is 8.72. The molecule has 0 saturated carbocycles. The second-order valence-corrected chi connectivity index (χ2v) is 6.85. The molecular formula is C21H25NO4. The Labute approximate surface area is 154 Å². The van der Waals surface area contributed by atoms with Crippen LogP contribution in [0.5, 0.6) is 5.75 Å². The number of benzene rings is 2. The number of piperidine rings is 1. The first-order valence-electron chi connectivity index (χ1n) is 8.94. The Balaban J connectivity index is 1.60. The molecule has 2 aromatic carbocycles. The monoisotopic (exact) mass is 355 g/mol. The summed E-state index contributed by atoms with van der Waals surface area (Å²) in [5.74, 6) is 0.829. The first kappa shape index (κ1) is 18.3. The van der Waals surface area contributed by atoms with E-state index in [1.807, 2.05) is 60.7 Å². The maximum atomic E-state index is 11.2. The van der Waals surface area contributed by atoms with E-state index in [1.165, 1.54) is 4.90 Å². The first-order chi connectivity index (χ1) is 12.7. The standard InChI is InChI=1S/C21H25NO4/c23-20(24)22-13-11-21(12-14-22,17-26-19-9-5-2-6-10-19)16-25-15-18-7-3-1-4-8-18/h1-10H,11-17H2,(H,23,24). The van der Waals surface area contributed by atoms with Gasteiger partial charge in [0.15, 0.2) is 0 Å². The minimum absolute atomic E-state index is 0.170. The molecule has 0 atom stereocenters. The third-order valence-electron chi connectivity index (χ3n) is 4.90. The number of hydrogen-bond donors (Lipinski definition) is 1. The third-order valence-corrected chi connectivity index (χ3v) is 4.90. The molecule has 1 N–H and O–H groups in total. The maximum absolute atomic E-state index is 11.2. The minimum Gasteiger partial charge on any atom is -0.493 e. The fourth-order valence-electron chi connectivity index (χ4n) is 3.22. The van der Waals surface area contributed by atoms with Crippen molar-refractivity contribution in [2.75, 3.05) is 26.3 Å². The highest BCUT2D eigenvalue weighted by molar-refractivity contribution is 5.65. The van der Waals surface area contributed by atoms with E-state index in [2.05, 4.69) is 0 Å². The van der Waals surface area contributed by atoms with Crippen molar-refractivity contribution in [3.05, 3.63) is 66.2 Å². The van der Waals surface area contributed by atoms with Crippen LogP contribution in [-0.2, 0) is 11.3 Å². The smallest absolute Gasteiger partial charge is 0.407 e. The molecule has 1 amide bonds. The fraction of sp³-hybridized carbons (Fsp3) is 0.381. The van der Waals surface area contributed by atoms with Gasteiger partial charge >= 0.3 is 6.09 Å². The lowest BCUT2D eigenvalue weighted by molar-refractivity contribution is -0.0290. The number of amides is 1. The number of ether oxygens (including phenoxy) is 2. The number of carbonyl (C=O) groups is 1. The van der Waals surface area contributed by atoms with Crippen LogP contribution in [0.4, 0.5) is 4.79 Å². The SMILES string of the molecule is O=C(O)N1CCC(COCc2ccccc2)(COc2ccccc2)CC1. The van der Waals surface area contributed by atoms with E-state index in [0.717, 1.165) is 24.2 Å². The Morgan fingerprint density at radius 1 is 0.962 bits per heavy atom. The Morgan fingerprint density at radius 2 is 1.58 bits per heavy atom. The molecule has 1 aliphatic rings. The molecule has 26 heavy (non-hydrogen) atoms. The summed E-state index contributed by atoms with van der Waals surface area (Å²) in [4.78, 5) is 12.7. The van der Waals surface area contributed by atoms with Crippen molar-refractivity contribution in [1.82, 2.24) is 4.90 Å². The quantitative estimate of drug-likeness (QED) is 0.814. The molecule has 0 aromatic heterocycles. The molecule has 0 spiro atoms. The first-order valence-corrected chi connectivity index (χ1v) is 8.94. The van der Waals surface area contributed by atoms with E-state index in [9.17, 15) is 9.90 Å². The van der Waals surface area contributed by atoms with Crippen LogP contribution in [0.3, 0.4) is 0 Å². The highest BCUT2D eigenvalue weighted by Crippen LogP contribution is 2.33. The van der Waals surface area contributed by atoms with Gasteiger partial charge in [0.1, 0.15) is 5.75 Å². The van der Waals surface area contributed by atoms with Crippen LogP contribution in [0.25, 0.3) is 0 Å². The van der Waals surface area contributed by atoms with Crippen LogP contribution < -0.4 is 4.74 Å². The van der Waals surface area contributed by atoms with Gasteiger partial charge in [-0.2, -0.15) is 0 Å². The van der Waals surface area contributed by atoms with Gasteiger partial charge in [-0.15, -0.1) is 0 Å². The number of carboxylic acid groups (broad SMARTS) is 1. The van der Waals surface area contributed by atoms with Crippen molar-refractivity contribution in [3.63, 3.8) is 0 Å². The Bertz CT molecular complexity index is 682. The van der Waals surface area contributed by atoms with Gasteiger partial charge in [0.25, 0.3) is 0 Å². The van der Waals surface area contributed by atoms with Crippen molar-refractivity contribution in [1.29, 1.82) is 0 Å². The minimum atomic E-state index is -0.854. The summed E-state index contributed by atoms with van der Waals surface area (Å²) in [6, 6.07) is 19.8. The van der Waals surface area contributed by atoms with Crippen LogP contribution in [0, 0.1) is 5.41 Å². The Kier molecular flexibility index (Phi) is 6.12. The molecule has 3 rings (SSSR count). The molecular weight excluding hydrogens is 330 g/mol. The fourth-order valence-corrected chi connectivity index (χ4v) is 3.22. The highest BCUT2D eigenvalue weighted by Gasteiger charge is 2.37. The molecule has 1 aliphatic heterocycles.